The van der Waals surface area contributed by atoms with Gasteiger partial charge in [0.2, 0.25) is 0 Å². The number of amides is 1. The van der Waals surface area contributed by atoms with Crippen molar-refractivity contribution in [2.75, 3.05) is 11.9 Å². The molecule has 0 saturated heterocycles. The molecule has 1 heterocycles. The molecule has 3 nitrogen and oxygen atoms in total. The van der Waals surface area contributed by atoms with Crippen molar-refractivity contribution in [3.8, 4) is 0 Å². The molecule has 0 atom stereocenters. The maximum atomic E-state index is 10.7. The summed E-state index contributed by atoms with van der Waals surface area (Å²) < 4.78 is 0. The van der Waals surface area contributed by atoms with Gasteiger partial charge in [0.05, 0.1) is 0 Å². The predicted octanol–water partition coefficient (Wildman–Crippen LogP) is 2.19. The molecule has 0 aromatic carbocycles. The van der Waals surface area contributed by atoms with Crippen molar-refractivity contribution in [2.45, 2.75) is 6.92 Å². The molecule has 4 heteroatoms. The Morgan fingerprint density at radius 2 is 2.33 bits per heavy atom. The molecule has 0 fully saturated rings. The zero-order valence-electron chi connectivity index (χ0n) is 6.91. The van der Waals surface area contributed by atoms with E-state index in [2.05, 4.69) is 4.98 Å². The summed E-state index contributed by atoms with van der Waals surface area (Å²) in [5.41, 5.74) is 1.05. The summed E-state index contributed by atoms with van der Waals surface area (Å²) in [6.07, 6.45) is 1.64. The van der Waals surface area contributed by atoms with Crippen LogP contribution >= 0.6 is 11.6 Å². The highest BCUT2D eigenvalue weighted by atomic mass is 35.5. The first-order valence-corrected chi connectivity index (χ1v) is 3.85. The van der Waals surface area contributed by atoms with Crippen LogP contribution in [0.5, 0.6) is 0 Å². The number of rotatable bonds is 1. The first-order chi connectivity index (χ1) is 5.61. The highest BCUT2D eigenvalue weighted by Crippen LogP contribution is 2.11. The average molecular weight is 185 g/mol. The maximum absolute atomic E-state index is 10.7. The molecule has 0 saturated carbocycles. The summed E-state index contributed by atoms with van der Waals surface area (Å²) in [5.74, 6) is 0.565. The number of carbonyl (C=O) groups excluding carboxylic acids is 1. The number of nitrogens with zero attached hydrogens (tertiary/aromatic N) is 2. The average Bonchev–Trinajstić information content (AvgIpc) is 2.03. The lowest BCUT2D eigenvalue weighted by Gasteiger charge is -2.11. The first kappa shape index (κ1) is 9.00. The summed E-state index contributed by atoms with van der Waals surface area (Å²) in [5, 5.41) is -0.534. The van der Waals surface area contributed by atoms with Crippen LogP contribution < -0.4 is 4.90 Å². The Bertz CT molecular complexity index is 301. The molecule has 0 radical (unpaired) electrons. The van der Waals surface area contributed by atoms with Gasteiger partial charge in [-0.05, 0) is 36.2 Å². The molecule has 1 aromatic heterocycles. The van der Waals surface area contributed by atoms with E-state index in [0.29, 0.717) is 5.82 Å². The second kappa shape index (κ2) is 3.54. The Kier molecular flexibility index (Phi) is 2.65. The maximum Gasteiger partial charge on any atom is 0.321 e. The minimum atomic E-state index is -0.534. The van der Waals surface area contributed by atoms with Gasteiger partial charge in [-0.25, -0.2) is 4.98 Å². The summed E-state index contributed by atoms with van der Waals surface area (Å²) in [7, 11) is 1.58. The number of anilines is 1. The van der Waals surface area contributed by atoms with Crippen molar-refractivity contribution >= 4 is 22.8 Å². The van der Waals surface area contributed by atoms with Crippen LogP contribution in [0.3, 0.4) is 0 Å². The number of pyridine rings is 1. The third-order valence-corrected chi connectivity index (χ3v) is 1.76. The lowest BCUT2D eigenvalue weighted by molar-refractivity contribution is 0.265. The van der Waals surface area contributed by atoms with E-state index in [1.807, 2.05) is 13.0 Å². The molecule has 0 spiro atoms. The topological polar surface area (TPSA) is 33.2 Å². The fraction of sp³-hybridized carbons (Fsp3) is 0.250. The minimum absolute atomic E-state index is 0.534. The van der Waals surface area contributed by atoms with E-state index in [0.717, 1.165) is 5.56 Å². The van der Waals surface area contributed by atoms with Gasteiger partial charge in [0.1, 0.15) is 5.82 Å². The molecule has 12 heavy (non-hydrogen) atoms. The van der Waals surface area contributed by atoms with E-state index in [9.17, 15) is 4.79 Å². The molecule has 0 N–H and O–H groups in total. The van der Waals surface area contributed by atoms with E-state index >= 15 is 0 Å². The molecule has 1 rings (SSSR count). The first-order valence-electron chi connectivity index (χ1n) is 3.47. The smallest absolute Gasteiger partial charge is 0.286 e. The summed E-state index contributed by atoms with van der Waals surface area (Å²) in [6, 6.07) is 3.65. The molecule has 0 unspecified atom stereocenters. The van der Waals surface area contributed by atoms with E-state index in [1.54, 1.807) is 19.3 Å². The normalized spacial score (nSPS) is 9.58. The fourth-order valence-electron chi connectivity index (χ4n) is 0.794. The van der Waals surface area contributed by atoms with E-state index < -0.39 is 5.37 Å². The SMILES string of the molecule is Cc1ccnc(N(C)C(=O)Cl)c1. The predicted molar refractivity (Wildman–Crippen MR) is 48.6 cm³/mol. The lowest BCUT2D eigenvalue weighted by Crippen LogP contribution is -2.20. The summed E-state index contributed by atoms with van der Waals surface area (Å²) in [4.78, 5) is 16.0. The standard InChI is InChI=1S/C8H9ClN2O/c1-6-3-4-10-7(5-6)11(2)8(9)12/h3-5H,1-2H3. The number of carbonyl (C=O) groups is 1. The van der Waals surface area contributed by atoms with Crippen LogP contribution in [-0.4, -0.2) is 17.4 Å². The van der Waals surface area contributed by atoms with Crippen molar-refractivity contribution in [2.24, 2.45) is 0 Å². The van der Waals surface area contributed by atoms with E-state index in [-0.39, 0.29) is 0 Å². The largest absolute Gasteiger partial charge is 0.321 e. The highest BCUT2D eigenvalue weighted by Gasteiger charge is 2.07. The Morgan fingerprint density at radius 1 is 1.67 bits per heavy atom. The third-order valence-electron chi connectivity index (χ3n) is 1.51. The van der Waals surface area contributed by atoms with Gasteiger partial charge in [0, 0.05) is 13.2 Å². The monoisotopic (exact) mass is 184 g/mol. The molecule has 0 aliphatic heterocycles. The quantitative estimate of drug-likeness (QED) is 0.495. The van der Waals surface area contributed by atoms with Crippen molar-refractivity contribution in [3.05, 3.63) is 23.9 Å². The molecule has 0 aliphatic carbocycles. The molecule has 1 aromatic rings. The minimum Gasteiger partial charge on any atom is -0.286 e. The van der Waals surface area contributed by atoms with Crippen LogP contribution in [0, 0.1) is 6.92 Å². The van der Waals surface area contributed by atoms with Gasteiger partial charge >= 0.3 is 5.37 Å². The number of aromatic nitrogens is 1. The van der Waals surface area contributed by atoms with Crippen LogP contribution in [0.25, 0.3) is 0 Å². The molecule has 1 amide bonds. The van der Waals surface area contributed by atoms with Crippen LogP contribution in [-0.2, 0) is 0 Å². The second-order valence-corrected chi connectivity index (χ2v) is 2.83. The van der Waals surface area contributed by atoms with Gasteiger partial charge in [0.15, 0.2) is 0 Å². The van der Waals surface area contributed by atoms with Gasteiger partial charge in [-0.1, -0.05) is 0 Å². The van der Waals surface area contributed by atoms with Crippen molar-refractivity contribution in [1.29, 1.82) is 0 Å². The molecule has 0 aliphatic rings. The third kappa shape index (κ3) is 1.95. The van der Waals surface area contributed by atoms with Crippen molar-refractivity contribution in [3.63, 3.8) is 0 Å². The van der Waals surface area contributed by atoms with Gasteiger partial charge in [-0.15, -0.1) is 0 Å². The molecular weight excluding hydrogens is 176 g/mol. The Morgan fingerprint density at radius 3 is 2.83 bits per heavy atom. The Hall–Kier alpha value is -1.09. The molecule has 0 bridgehead atoms. The van der Waals surface area contributed by atoms with Gasteiger partial charge in [-0.3, -0.25) is 9.69 Å². The van der Waals surface area contributed by atoms with Crippen LogP contribution in [0.2, 0.25) is 0 Å². The summed E-state index contributed by atoms with van der Waals surface area (Å²) >= 11 is 5.26. The number of hydrogen-bond donors (Lipinski definition) is 0. The van der Waals surface area contributed by atoms with Crippen molar-refractivity contribution < 1.29 is 4.79 Å². The number of aryl methyl sites for hydroxylation is 1. The Balaban J connectivity index is 2.95. The van der Waals surface area contributed by atoms with Crippen LogP contribution in [0.1, 0.15) is 5.56 Å². The Labute approximate surface area is 76.0 Å². The zero-order valence-corrected chi connectivity index (χ0v) is 7.67. The van der Waals surface area contributed by atoms with Gasteiger partial charge in [-0.2, -0.15) is 0 Å². The van der Waals surface area contributed by atoms with E-state index in [1.165, 1.54) is 4.90 Å². The highest BCUT2D eigenvalue weighted by molar-refractivity contribution is 6.66. The number of hydrogen-bond acceptors (Lipinski definition) is 2. The van der Waals surface area contributed by atoms with Crippen molar-refractivity contribution in [1.82, 2.24) is 4.98 Å². The van der Waals surface area contributed by atoms with Gasteiger partial charge < -0.3 is 0 Å². The molecular formula is C8H9ClN2O. The zero-order chi connectivity index (χ0) is 9.14. The van der Waals surface area contributed by atoms with Gasteiger partial charge in [0.25, 0.3) is 0 Å². The second-order valence-electron chi connectivity index (χ2n) is 2.50. The number of halogens is 1. The van der Waals surface area contributed by atoms with Crippen LogP contribution in [0.15, 0.2) is 18.3 Å². The summed E-state index contributed by atoms with van der Waals surface area (Å²) in [6.45, 7) is 1.93. The fourth-order valence-corrected chi connectivity index (χ4v) is 0.880. The van der Waals surface area contributed by atoms with Crippen LogP contribution in [0.4, 0.5) is 10.6 Å². The molecule has 64 valence electrons. The van der Waals surface area contributed by atoms with E-state index in [4.69, 9.17) is 11.6 Å². The lowest BCUT2D eigenvalue weighted by atomic mass is 10.3.